The van der Waals surface area contributed by atoms with Gasteiger partial charge in [-0.1, -0.05) is 68.0 Å². The van der Waals surface area contributed by atoms with Crippen LogP contribution >= 0.6 is 9.47 Å². The molecule has 3 aromatic rings. The fourth-order valence-corrected chi connectivity index (χ4v) is 3.63. The van der Waals surface area contributed by atoms with Gasteiger partial charge in [0, 0.05) is 32.7 Å². The maximum atomic E-state index is 11.2. The van der Waals surface area contributed by atoms with Gasteiger partial charge in [0.25, 0.3) is 0 Å². The molecule has 2 aromatic carbocycles. The zero-order valence-electron chi connectivity index (χ0n) is 22.3. The molecular weight excluding hydrogens is 516 g/mol. The van der Waals surface area contributed by atoms with Gasteiger partial charge in [-0.2, -0.15) is 0 Å². The van der Waals surface area contributed by atoms with Crippen LogP contribution in [0.1, 0.15) is 83.4 Å². The van der Waals surface area contributed by atoms with E-state index >= 15 is 0 Å². The molecule has 4 nitrogen and oxygen atoms in total. The van der Waals surface area contributed by atoms with Gasteiger partial charge in [0.05, 0.1) is 26.5 Å². The van der Waals surface area contributed by atoms with E-state index in [0.717, 1.165) is 11.4 Å². The third-order valence-electron chi connectivity index (χ3n) is 5.23. The van der Waals surface area contributed by atoms with Crippen molar-refractivity contribution in [2.75, 3.05) is 0 Å². The summed E-state index contributed by atoms with van der Waals surface area (Å²) in [5, 5.41) is 0. The molecule has 1 heterocycles. The monoisotopic (exact) mass is 554 g/mol. The summed E-state index contributed by atoms with van der Waals surface area (Å²) >= 11 is 0. The van der Waals surface area contributed by atoms with Crippen molar-refractivity contribution in [3.8, 4) is 11.1 Å². The first-order chi connectivity index (χ1) is 15.5. The number of rotatable bonds is 3. The zero-order valence-corrected chi connectivity index (χ0v) is 26.3. The number of benzene rings is 2. The minimum Gasteiger partial charge on any atom is -0.447 e. The number of carbonyl (C=O) groups is 1. The predicted molar refractivity (Wildman–Crippen MR) is 142 cm³/mol. The van der Waals surface area contributed by atoms with Crippen LogP contribution in [-0.2, 0) is 37.2 Å². The van der Waals surface area contributed by atoms with Crippen molar-refractivity contribution in [3.63, 3.8) is 0 Å². The molecule has 0 bridgehead atoms. The van der Waals surface area contributed by atoms with Crippen molar-refractivity contribution in [2.24, 2.45) is 0 Å². The summed E-state index contributed by atoms with van der Waals surface area (Å²) in [6.07, 6.45) is 0. The third-order valence-corrected chi connectivity index (χ3v) is 5.45. The van der Waals surface area contributed by atoms with Crippen LogP contribution in [-0.4, -0.2) is 15.9 Å². The number of hydrogen-bond donors (Lipinski definition) is 0. The van der Waals surface area contributed by atoms with Gasteiger partial charge in [0.2, 0.25) is 0 Å². The van der Waals surface area contributed by atoms with Crippen LogP contribution in [0.2, 0.25) is 0 Å². The molecule has 6 heteroatoms. The summed E-state index contributed by atoms with van der Waals surface area (Å²) in [6.45, 7) is 20.3. The molecule has 0 aliphatic heterocycles. The molecule has 0 N–H and O–H groups in total. The average Bonchev–Trinajstić information content (AvgIpc) is 2.77. The Morgan fingerprint density at radius 1 is 0.912 bits per heavy atom. The Morgan fingerprint density at radius 3 is 1.88 bits per heavy atom. The van der Waals surface area contributed by atoms with Crippen molar-refractivity contribution in [2.45, 2.75) is 75.2 Å². The maximum Gasteiger partial charge on any atom is 0.360 e. The Bertz CT molecular complexity index is 1060. The summed E-state index contributed by atoms with van der Waals surface area (Å²) in [7, 11) is 1.90. The molecule has 1 radical (unpaired) electrons. The minimum absolute atomic E-state index is 0. The molecule has 181 valence electrons. The quantitative estimate of drug-likeness (QED) is 0.248. The number of aromatic nitrogens is 2. The summed E-state index contributed by atoms with van der Waals surface area (Å²) < 4.78 is 4.49. The Balaban J connectivity index is 0.000000606. The normalized spacial score (nSPS) is 9.76. The van der Waals surface area contributed by atoms with E-state index in [9.17, 15) is 4.79 Å². The van der Waals surface area contributed by atoms with E-state index in [1.165, 1.54) is 33.4 Å². The van der Waals surface area contributed by atoms with Crippen molar-refractivity contribution in [3.05, 3.63) is 81.4 Å². The Morgan fingerprint density at radius 2 is 1.44 bits per heavy atom. The number of hydrogen-bond acceptors (Lipinski definition) is 4. The van der Waals surface area contributed by atoms with Gasteiger partial charge in [-0.15, -0.1) is 35.4 Å². The number of nitrogens with zero attached hydrogens (tertiary/aromatic N) is 2. The first-order valence-electron chi connectivity index (χ1n) is 11.4. The molecular formula is C28H38N2O2PY-. The van der Waals surface area contributed by atoms with Crippen LogP contribution in [0.25, 0.3) is 11.1 Å². The van der Waals surface area contributed by atoms with Crippen molar-refractivity contribution in [1.82, 2.24) is 9.97 Å². The molecule has 1 atom stereocenters. The average molecular weight is 555 g/mol. The van der Waals surface area contributed by atoms with E-state index in [1.54, 1.807) is 13.8 Å². The van der Waals surface area contributed by atoms with E-state index in [-0.39, 0.29) is 38.4 Å². The zero-order chi connectivity index (χ0) is 25.3. The van der Waals surface area contributed by atoms with Gasteiger partial charge in [0.1, 0.15) is 0 Å². The topological polar surface area (TPSA) is 52.1 Å². The smallest absolute Gasteiger partial charge is 0.360 e. The summed E-state index contributed by atoms with van der Waals surface area (Å²) in [4.78, 5) is 19.4. The fraction of sp³-hybridized carbons (Fsp3) is 0.393. The second-order valence-corrected chi connectivity index (χ2v) is 8.43. The second kappa shape index (κ2) is 15.5. The summed E-state index contributed by atoms with van der Waals surface area (Å²) in [5.74, 6) is 0.0913. The number of carbonyl (C=O) groups excluding carboxylic acids is 1. The molecule has 0 aliphatic carbocycles. The Hall–Kier alpha value is -1.48. The fourth-order valence-electron chi connectivity index (χ4n) is 3.52. The van der Waals surface area contributed by atoms with Crippen LogP contribution in [0.5, 0.6) is 0 Å². The molecule has 1 unspecified atom stereocenters. The van der Waals surface area contributed by atoms with Crippen molar-refractivity contribution in [1.29, 1.82) is 0 Å². The van der Waals surface area contributed by atoms with Gasteiger partial charge in [-0.05, 0) is 41.5 Å². The molecule has 34 heavy (non-hydrogen) atoms. The third kappa shape index (κ3) is 8.95. The second-order valence-electron chi connectivity index (χ2n) is 8.20. The Labute approximate surface area is 233 Å². The summed E-state index contributed by atoms with van der Waals surface area (Å²) in [6, 6.07) is 14.5. The molecule has 0 aliphatic rings. The van der Waals surface area contributed by atoms with E-state index in [2.05, 4.69) is 85.5 Å². The van der Waals surface area contributed by atoms with Crippen LogP contribution < -0.4 is 0 Å². The molecule has 0 spiro atoms. The maximum absolute atomic E-state index is 11.2. The van der Waals surface area contributed by atoms with Gasteiger partial charge < -0.3 is 4.52 Å². The molecule has 3 rings (SSSR count). The van der Waals surface area contributed by atoms with Crippen molar-refractivity contribution >= 4 is 15.4 Å². The molecule has 0 saturated heterocycles. The Kier molecular flexibility index (Phi) is 14.8. The number of aryl methyl sites for hydroxylation is 6. The van der Waals surface area contributed by atoms with E-state index < -0.39 is 5.97 Å². The first kappa shape index (κ1) is 32.5. The molecule has 0 amide bonds. The van der Waals surface area contributed by atoms with Crippen LogP contribution in [0, 0.1) is 47.6 Å². The SMILES string of the molecule is CC.Cc1cc(C)c(-c2[c-]cc(C(C)C)cc2)c(C)c1.Cc1nc(C)c(C(=O)OP)nc1C.[Y]. The molecule has 0 fully saturated rings. The van der Waals surface area contributed by atoms with Gasteiger partial charge >= 0.3 is 5.97 Å². The van der Waals surface area contributed by atoms with Crippen LogP contribution in [0.15, 0.2) is 30.3 Å². The van der Waals surface area contributed by atoms with Gasteiger partial charge in [-0.25, -0.2) is 9.78 Å². The summed E-state index contributed by atoms with van der Waals surface area (Å²) in [5.41, 5.74) is 10.3. The van der Waals surface area contributed by atoms with E-state index in [0.29, 0.717) is 11.6 Å². The van der Waals surface area contributed by atoms with Gasteiger partial charge in [-0.3, -0.25) is 4.98 Å². The van der Waals surface area contributed by atoms with Crippen molar-refractivity contribution < 1.29 is 42.0 Å². The van der Waals surface area contributed by atoms with Crippen LogP contribution in [0.4, 0.5) is 0 Å². The predicted octanol–water partition coefficient (Wildman–Crippen LogP) is 7.57. The first-order valence-corrected chi connectivity index (χ1v) is 11.8. The van der Waals surface area contributed by atoms with Gasteiger partial charge in [0.15, 0.2) is 5.69 Å². The van der Waals surface area contributed by atoms with E-state index in [4.69, 9.17) is 0 Å². The molecule has 1 aromatic heterocycles. The van der Waals surface area contributed by atoms with E-state index in [1.807, 2.05) is 30.2 Å². The molecule has 0 saturated carbocycles. The minimum atomic E-state index is -0.474. The van der Waals surface area contributed by atoms with Crippen LogP contribution in [0.3, 0.4) is 0 Å². The standard InChI is InChI=1S/C18H21.C8H11N2O2P.C2H6.Y/c1-12(2)16-6-8-17(9-7-16)18-14(4)10-13(3)11-15(18)5;1-4-5(2)10-7(6(3)9-4)8(11)12-13;1-2;/h6-8,10-12H,1-5H3;13H2,1-3H3;1-2H3;/q-1;;;. The largest absolute Gasteiger partial charge is 0.447 e.